The minimum absolute atomic E-state index is 0.292. The maximum Gasteiger partial charge on any atom is 0.340 e. The highest BCUT2D eigenvalue weighted by Gasteiger charge is 2.20. The number of carbonyl (C=O) groups excluding carboxylic acids is 1. The fourth-order valence-electron chi connectivity index (χ4n) is 1.89. The van der Waals surface area contributed by atoms with E-state index in [1.807, 2.05) is 0 Å². The number of esters is 1. The molecule has 2 rings (SSSR count). The molecule has 2 N–H and O–H groups in total. The van der Waals surface area contributed by atoms with Crippen LogP contribution in [-0.4, -0.2) is 32.9 Å². The Hall–Kier alpha value is -1.75. The highest BCUT2D eigenvalue weighted by molar-refractivity contribution is 5.96. The van der Waals surface area contributed by atoms with Crippen LogP contribution in [0.25, 0.3) is 0 Å². The van der Waals surface area contributed by atoms with E-state index in [9.17, 15) is 4.79 Å². The van der Waals surface area contributed by atoms with Crippen LogP contribution in [-0.2, 0) is 9.47 Å². The molecule has 98 valence electrons. The van der Waals surface area contributed by atoms with Crippen LogP contribution in [0.4, 0.5) is 5.69 Å². The molecule has 18 heavy (non-hydrogen) atoms. The molecule has 5 nitrogen and oxygen atoms in total. The lowest BCUT2D eigenvalue weighted by Gasteiger charge is -2.11. The summed E-state index contributed by atoms with van der Waals surface area (Å²) in [4.78, 5) is 11.9. The van der Waals surface area contributed by atoms with Crippen molar-refractivity contribution in [2.75, 3.05) is 32.7 Å². The predicted molar refractivity (Wildman–Crippen MR) is 66.6 cm³/mol. The van der Waals surface area contributed by atoms with E-state index in [4.69, 9.17) is 19.9 Å². The van der Waals surface area contributed by atoms with Crippen molar-refractivity contribution in [2.45, 2.75) is 6.42 Å². The largest absolute Gasteiger partial charge is 0.495 e. The fourth-order valence-corrected chi connectivity index (χ4v) is 1.89. The van der Waals surface area contributed by atoms with Crippen molar-refractivity contribution >= 4 is 11.7 Å². The summed E-state index contributed by atoms with van der Waals surface area (Å²) in [7, 11) is 1.51. The number of rotatable bonds is 4. The molecule has 0 bridgehead atoms. The van der Waals surface area contributed by atoms with Crippen molar-refractivity contribution in [1.29, 1.82) is 0 Å². The standard InChI is InChI=1S/C13H17NO4/c1-16-11-4-2-3-10(12(11)14)13(15)18-8-9-5-6-17-7-9/h2-4,9H,5-8,14H2,1H3. The molecular formula is C13H17NO4. The Morgan fingerprint density at radius 1 is 1.56 bits per heavy atom. The number of benzene rings is 1. The van der Waals surface area contributed by atoms with Crippen molar-refractivity contribution in [3.63, 3.8) is 0 Å². The van der Waals surface area contributed by atoms with Gasteiger partial charge in [-0.25, -0.2) is 4.79 Å². The monoisotopic (exact) mass is 251 g/mol. The Kier molecular flexibility index (Phi) is 4.04. The summed E-state index contributed by atoms with van der Waals surface area (Å²) in [5.74, 6) is 0.354. The van der Waals surface area contributed by atoms with Gasteiger partial charge in [0, 0.05) is 12.5 Å². The van der Waals surface area contributed by atoms with Crippen molar-refractivity contribution in [2.24, 2.45) is 5.92 Å². The molecule has 1 aromatic carbocycles. The van der Waals surface area contributed by atoms with E-state index in [0.29, 0.717) is 36.1 Å². The second-order valence-corrected chi connectivity index (χ2v) is 4.25. The van der Waals surface area contributed by atoms with Gasteiger partial charge in [-0.05, 0) is 18.6 Å². The molecule has 1 aliphatic rings. The van der Waals surface area contributed by atoms with Gasteiger partial charge in [0.25, 0.3) is 0 Å². The number of anilines is 1. The van der Waals surface area contributed by atoms with E-state index < -0.39 is 5.97 Å². The van der Waals surface area contributed by atoms with E-state index in [1.165, 1.54) is 7.11 Å². The summed E-state index contributed by atoms with van der Waals surface area (Å²) in [6.45, 7) is 1.76. The average Bonchev–Trinajstić information content (AvgIpc) is 2.89. The lowest BCUT2D eigenvalue weighted by Crippen LogP contribution is -2.15. The number of nitrogens with two attached hydrogens (primary N) is 1. The third-order valence-electron chi connectivity index (χ3n) is 2.98. The maximum atomic E-state index is 11.9. The van der Waals surface area contributed by atoms with Gasteiger partial charge >= 0.3 is 5.97 Å². The number of ether oxygens (including phenoxy) is 3. The van der Waals surface area contributed by atoms with Crippen LogP contribution in [0.1, 0.15) is 16.8 Å². The summed E-state index contributed by atoms with van der Waals surface area (Å²) in [5.41, 5.74) is 6.48. The van der Waals surface area contributed by atoms with Crippen molar-refractivity contribution in [3.05, 3.63) is 23.8 Å². The number of nitrogen functional groups attached to an aromatic ring is 1. The Bertz CT molecular complexity index is 427. The van der Waals surface area contributed by atoms with Gasteiger partial charge in [0.05, 0.1) is 31.6 Å². The Labute approximate surface area is 106 Å². The van der Waals surface area contributed by atoms with Gasteiger partial charge in [0.2, 0.25) is 0 Å². The molecule has 0 radical (unpaired) electrons. The molecule has 1 fully saturated rings. The quantitative estimate of drug-likeness (QED) is 0.648. The zero-order chi connectivity index (χ0) is 13.0. The molecule has 1 saturated heterocycles. The second kappa shape index (κ2) is 5.73. The smallest absolute Gasteiger partial charge is 0.340 e. The summed E-state index contributed by atoms with van der Waals surface area (Å²) in [5, 5.41) is 0. The molecule has 1 heterocycles. The van der Waals surface area contributed by atoms with Crippen molar-refractivity contribution in [1.82, 2.24) is 0 Å². The van der Waals surface area contributed by atoms with Gasteiger partial charge in [-0.1, -0.05) is 6.07 Å². The van der Waals surface area contributed by atoms with Crippen LogP contribution < -0.4 is 10.5 Å². The van der Waals surface area contributed by atoms with E-state index in [2.05, 4.69) is 0 Å². The molecule has 0 aromatic heterocycles. The fraction of sp³-hybridized carbons (Fsp3) is 0.462. The molecular weight excluding hydrogens is 234 g/mol. The average molecular weight is 251 g/mol. The Morgan fingerprint density at radius 3 is 3.06 bits per heavy atom. The maximum absolute atomic E-state index is 11.9. The Balaban J connectivity index is 1.99. The number of carbonyl (C=O) groups is 1. The van der Waals surface area contributed by atoms with Crippen LogP contribution in [0.3, 0.4) is 0 Å². The minimum atomic E-state index is -0.418. The van der Waals surface area contributed by atoms with Gasteiger partial charge in [0.15, 0.2) is 0 Å². The molecule has 5 heteroatoms. The van der Waals surface area contributed by atoms with Gasteiger partial charge in [-0.3, -0.25) is 0 Å². The molecule has 0 spiro atoms. The summed E-state index contributed by atoms with van der Waals surface area (Å²) in [6, 6.07) is 5.05. The zero-order valence-electron chi connectivity index (χ0n) is 10.3. The van der Waals surface area contributed by atoms with Gasteiger partial charge < -0.3 is 19.9 Å². The normalized spacial score (nSPS) is 18.6. The molecule has 0 saturated carbocycles. The lowest BCUT2D eigenvalue weighted by molar-refractivity contribution is 0.0429. The second-order valence-electron chi connectivity index (χ2n) is 4.25. The SMILES string of the molecule is COc1cccc(C(=O)OCC2CCOC2)c1N. The van der Waals surface area contributed by atoms with Crippen LogP contribution in [0.15, 0.2) is 18.2 Å². The lowest BCUT2D eigenvalue weighted by atomic mass is 10.1. The van der Waals surface area contributed by atoms with Gasteiger partial charge in [0.1, 0.15) is 5.75 Å². The highest BCUT2D eigenvalue weighted by atomic mass is 16.5. The summed E-state index contributed by atoms with van der Waals surface area (Å²) in [6.07, 6.45) is 0.931. The molecule has 1 unspecified atom stereocenters. The van der Waals surface area contributed by atoms with Crippen LogP contribution >= 0.6 is 0 Å². The molecule has 1 aromatic rings. The molecule has 1 aliphatic heterocycles. The molecule has 0 aliphatic carbocycles. The van der Waals surface area contributed by atoms with E-state index in [0.717, 1.165) is 13.0 Å². The topological polar surface area (TPSA) is 70.8 Å². The first-order chi connectivity index (χ1) is 8.72. The Morgan fingerprint density at radius 2 is 2.39 bits per heavy atom. The predicted octanol–water partition coefficient (Wildman–Crippen LogP) is 1.47. The zero-order valence-corrected chi connectivity index (χ0v) is 10.3. The van der Waals surface area contributed by atoms with Crippen molar-refractivity contribution in [3.8, 4) is 5.75 Å². The van der Waals surface area contributed by atoms with Gasteiger partial charge in [-0.2, -0.15) is 0 Å². The van der Waals surface area contributed by atoms with E-state index in [-0.39, 0.29) is 0 Å². The highest BCUT2D eigenvalue weighted by Crippen LogP contribution is 2.25. The van der Waals surface area contributed by atoms with Crippen LogP contribution in [0.5, 0.6) is 5.75 Å². The van der Waals surface area contributed by atoms with Crippen LogP contribution in [0.2, 0.25) is 0 Å². The van der Waals surface area contributed by atoms with E-state index in [1.54, 1.807) is 18.2 Å². The first-order valence-corrected chi connectivity index (χ1v) is 5.89. The number of para-hydroxylation sites is 1. The minimum Gasteiger partial charge on any atom is -0.495 e. The van der Waals surface area contributed by atoms with Crippen molar-refractivity contribution < 1.29 is 19.0 Å². The first-order valence-electron chi connectivity index (χ1n) is 5.89. The molecule has 0 amide bonds. The third kappa shape index (κ3) is 2.73. The summed E-state index contributed by atoms with van der Waals surface area (Å²) >= 11 is 0. The van der Waals surface area contributed by atoms with Crippen LogP contribution in [0, 0.1) is 5.92 Å². The molecule has 1 atom stereocenters. The summed E-state index contributed by atoms with van der Waals surface area (Å²) < 4.78 is 15.5. The third-order valence-corrected chi connectivity index (χ3v) is 2.98. The number of methoxy groups -OCH3 is 1. The number of hydrogen-bond acceptors (Lipinski definition) is 5. The number of hydrogen-bond donors (Lipinski definition) is 1. The first kappa shape index (κ1) is 12.7. The van der Waals surface area contributed by atoms with E-state index >= 15 is 0 Å². The van der Waals surface area contributed by atoms with Gasteiger partial charge in [-0.15, -0.1) is 0 Å².